The van der Waals surface area contributed by atoms with Crippen molar-refractivity contribution in [2.24, 2.45) is 0 Å². The van der Waals surface area contributed by atoms with E-state index in [2.05, 4.69) is 17.1 Å². The first-order valence-corrected chi connectivity index (χ1v) is 6.57. The van der Waals surface area contributed by atoms with Gasteiger partial charge in [-0.25, -0.2) is 0 Å². The summed E-state index contributed by atoms with van der Waals surface area (Å²) in [6, 6.07) is 3.58. The second kappa shape index (κ2) is 5.11. The number of halogens is 4. The summed E-state index contributed by atoms with van der Waals surface area (Å²) in [5.74, 6) is 0. The van der Waals surface area contributed by atoms with Crippen LogP contribution in [0.2, 0.25) is 0 Å². The Morgan fingerprint density at radius 3 is 2.60 bits per heavy atom. The van der Waals surface area contributed by atoms with E-state index in [4.69, 9.17) is 0 Å². The van der Waals surface area contributed by atoms with Crippen molar-refractivity contribution in [3.63, 3.8) is 0 Å². The van der Waals surface area contributed by atoms with E-state index in [0.717, 1.165) is 30.8 Å². The van der Waals surface area contributed by atoms with Gasteiger partial charge >= 0.3 is 6.18 Å². The highest BCUT2D eigenvalue weighted by Crippen LogP contribution is 2.41. The number of benzene rings is 1. The highest BCUT2D eigenvalue weighted by Gasteiger charge is 2.39. The minimum absolute atomic E-state index is 0. The molecule has 0 aromatic heterocycles. The van der Waals surface area contributed by atoms with Crippen LogP contribution in [0.1, 0.15) is 23.6 Å². The van der Waals surface area contributed by atoms with Crippen LogP contribution in [-0.2, 0) is 12.6 Å². The molecule has 0 unspecified atom stereocenters. The van der Waals surface area contributed by atoms with E-state index >= 15 is 0 Å². The molecular weight excluding hydrogens is 289 g/mol. The molecule has 0 amide bonds. The molecule has 0 saturated carbocycles. The van der Waals surface area contributed by atoms with Crippen molar-refractivity contribution in [1.82, 2.24) is 5.32 Å². The number of piperazine rings is 1. The van der Waals surface area contributed by atoms with Gasteiger partial charge in [-0.1, -0.05) is 6.07 Å². The van der Waals surface area contributed by atoms with Gasteiger partial charge in [0.05, 0.1) is 5.56 Å². The zero-order valence-electron chi connectivity index (χ0n) is 11.4. The fraction of sp³-hybridized carbons (Fsp3) is 0.571. The van der Waals surface area contributed by atoms with Gasteiger partial charge in [-0.2, -0.15) is 13.2 Å². The Balaban J connectivity index is 0.00000147. The van der Waals surface area contributed by atoms with Crippen LogP contribution in [-0.4, -0.2) is 25.2 Å². The van der Waals surface area contributed by atoms with Crippen LogP contribution in [0.15, 0.2) is 12.1 Å². The predicted octanol–water partition coefficient (Wildman–Crippen LogP) is 3.16. The summed E-state index contributed by atoms with van der Waals surface area (Å²) in [7, 11) is 0. The van der Waals surface area contributed by atoms with Crippen molar-refractivity contribution in [3.8, 4) is 0 Å². The minimum atomic E-state index is -4.27. The number of alkyl halides is 3. The van der Waals surface area contributed by atoms with Gasteiger partial charge in [-0.15, -0.1) is 12.4 Å². The van der Waals surface area contributed by atoms with Crippen LogP contribution in [0.3, 0.4) is 0 Å². The van der Waals surface area contributed by atoms with E-state index in [9.17, 15) is 13.2 Å². The Morgan fingerprint density at radius 1 is 1.25 bits per heavy atom. The number of anilines is 1. The van der Waals surface area contributed by atoms with E-state index in [1.807, 2.05) is 0 Å². The molecule has 112 valence electrons. The largest absolute Gasteiger partial charge is 0.416 e. The molecule has 0 radical (unpaired) electrons. The Labute approximate surface area is 122 Å². The summed E-state index contributed by atoms with van der Waals surface area (Å²) in [5.41, 5.74) is 1.65. The van der Waals surface area contributed by atoms with E-state index in [1.54, 1.807) is 13.0 Å². The molecule has 1 fully saturated rings. The lowest BCUT2D eigenvalue weighted by molar-refractivity contribution is -0.138. The van der Waals surface area contributed by atoms with Gasteiger partial charge < -0.3 is 10.2 Å². The molecule has 2 nitrogen and oxygen atoms in total. The fourth-order valence-electron chi connectivity index (χ4n) is 3.34. The van der Waals surface area contributed by atoms with Gasteiger partial charge in [-0.3, -0.25) is 0 Å². The summed E-state index contributed by atoms with van der Waals surface area (Å²) < 4.78 is 39.0. The Kier molecular flexibility index (Phi) is 3.95. The molecule has 2 aliphatic rings. The zero-order chi connectivity index (χ0) is 13.8. The molecule has 1 saturated heterocycles. The third-order valence-electron chi connectivity index (χ3n) is 4.15. The highest BCUT2D eigenvalue weighted by molar-refractivity contribution is 5.85. The molecule has 6 heteroatoms. The first-order chi connectivity index (χ1) is 8.88. The minimum Gasteiger partial charge on any atom is -0.363 e. The summed E-state index contributed by atoms with van der Waals surface area (Å²) in [4.78, 5) is 2.15. The number of fused-ring (bicyclic) bond motifs is 3. The van der Waals surface area contributed by atoms with Crippen molar-refractivity contribution in [2.45, 2.75) is 38.5 Å². The maximum atomic E-state index is 13.0. The smallest absolute Gasteiger partial charge is 0.363 e. The predicted molar refractivity (Wildman–Crippen MR) is 75.7 cm³/mol. The van der Waals surface area contributed by atoms with Crippen molar-refractivity contribution < 1.29 is 13.2 Å². The van der Waals surface area contributed by atoms with Gasteiger partial charge in [-0.05, 0) is 37.5 Å². The Hall–Kier alpha value is -0.940. The third-order valence-corrected chi connectivity index (χ3v) is 4.15. The number of aryl methyl sites for hydroxylation is 1. The number of rotatable bonds is 0. The average Bonchev–Trinajstić information content (AvgIpc) is 2.64. The molecule has 2 aliphatic heterocycles. The Bertz CT molecular complexity index is 516. The summed E-state index contributed by atoms with van der Waals surface area (Å²) in [6.45, 7) is 5.27. The molecule has 3 rings (SSSR count). The normalized spacial score (nSPS) is 24.9. The molecule has 0 bridgehead atoms. The van der Waals surface area contributed by atoms with E-state index in [1.165, 1.54) is 6.07 Å². The lowest BCUT2D eigenvalue weighted by Crippen LogP contribution is -2.54. The standard InChI is InChI=1S/C14H17F3N2.ClH/c1-8-3-10-4-11-7-18-6-9(2)19(11)13(10)5-12(8)14(15,16)17;/h3,5,9,11,18H,4,6-7H2,1-2H3;1H/t9-,11+;/m1./s1. The molecule has 1 aromatic carbocycles. The van der Waals surface area contributed by atoms with Crippen molar-refractivity contribution in [2.75, 3.05) is 18.0 Å². The third kappa shape index (κ3) is 2.37. The molecule has 1 N–H and O–H groups in total. The molecule has 1 aromatic rings. The van der Waals surface area contributed by atoms with Crippen molar-refractivity contribution in [1.29, 1.82) is 0 Å². The Morgan fingerprint density at radius 2 is 1.95 bits per heavy atom. The fourth-order valence-corrected chi connectivity index (χ4v) is 3.34. The zero-order valence-corrected chi connectivity index (χ0v) is 12.2. The maximum absolute atomic E-state index is 13.0. The number of nitrogens with zero attached hydrogens (tertiary/aromatic N) is 1. The van der Waals surface area contributed by atoms with Gasteiger partial charge in [0.1, 0.15) is 0 Å². The van der Waals surface area contributed by atoms with Gasteiger partial charge in [0.25, 0.3) is 0 Å². The van der Waals surface area contributed by atoms with Crippen LogP contribution >= 0.6 is 12.4 Å². The SMILES string of the molecule is Cc1cc2c(cc1C(F)(F)F)N1[C@H](CNC[C@H]1C)C2.Cl. The monoisotopic (exact) mass is 306 g/mol. The van der Waals surface area contributed by atoms with Crippen molar-refractivity contribution >= 4 is 18.1 Å². The van der Waals surface area contributed by atoms with Gasteiger partial charge in [0, 0.05) is 30.9 Å². The molecular formula is C14H18ClF3N2. The summed E-state index contributed by atoms with van der Waals surface area (Å²) in [5, 5.41) is 3.34. The number of hydrogen-bond donors (Lipinski definition) is 1. The topological polar surface area (TPSA) is 15.3 Å². The molecule has 2 heterocycles. The summed E-state index contributed by atoms with van der Waals surface area (Å²) >= 11 is 0. The maximum Gasteiger partial charge on any atom is 0.416 e. The van der Waals surface area contributed by atoms with E-state index in [0.29, 0.717) is 11.6 Å². The van der Waals surface area contributed by atoms with Crippen LogP contribution < -0.4 is 10.2 Å². The van der Waals surface area contributed by atoms with Gasteiger partial charge in [0.15, 0.2) is 0 Å². The molecule has 2 atom stereocenters. The molecule has 20 heavy (non-hydrogen) atoms. The quantitative estimate of drug-likeness (QED) is 0.792. The molecule has 0 spiro atoms. The number of nitrogens with one attached hydrogen (secondary N) is 1. The lowest BCUT2D eigenvalue weighted by Gasteiger charge is -2.38. The second-order valence-electron chi connectivity index (χ2n) is 5.57. The highest BCUT2D eigenvalue weighted by atomic mass is 35.5. The average molecular weight is 307 g/mol. The first-order valence-electron chi connectivity index (χ1n) is 6.57. The van der Waals surface area contributed by atoms with E-state index in [-0.39, 0.29) is 18.4 Å². The van der Waals surface area contributed by atoms with Gasteiger partial charge in [0.2, 0.25) is 0 Å². The number of hydrogen-bond acceptors (Lipinski definition) is 2. The van der Waals surface area contributed by atoms with Crippen LogP contribution in [0.4, 0.5) is 18.9 Å². The first kappa shape index (κ1) is 15.4. The lowest BCUT2D eigenvalue weighted by atomic mass is 10.0. The summed E-state index contributed by atoms with van der Waals surface area (Å²) in [6.07, 6.45) is -3.43. The second-order valence-corrected chi connectivity index (χ2v) is 5.57. The van der Waals surface area contributed by atoms with E-state index < -0.39 is 11.7 Å². The van der Waals surface area contributed by atoms with Crippen LogP contribution in [0.25, 0.3) is 0 Å². The molecule has 0 aliphatic carbocycles. The van der Waals surface area contributed by atoms with Crippen LogP contribution in [0, 0.1) is 6.92 Å². The van der Waals surface area contributed by atoms with Crippen LogP contribution in [0.5, 0.6) is 0 Å². The van der Waals surface area contributed by atoms with Crippen molar-refractivity contribution in [3.05, 3.63) is 28.8 Å².